The van der Waals surface area contributed by atoms with Gasteiger partial charge in [0, 0.05) is 18.7 Å². The smallest absolute Gasteiger partial charge is 0.422 e. The molecule has 4 rings (SSSR count). The zero-order valence-electron chi connectivity index (χ0n) is 14.4. The molecule has 1 atom stereocenters. The van der Waals surface area contributed by atoms with E-state index in [1.807, 2.05) is 11.8 Å². The first kappa shape index (κ1) is 17.6. The number of hydrogen-bond acceptors (Lipinski definition) is 6. The van der Waals surface area contributed by atoms with Crippen molar-refractivity contribution >= 4 is 16.9 Å². The summed E-state index contributed by atoms with van der Waals surface area (Å²) in [6.07, 6.45) is -1.46. The molecule has 3 aromatic rings. The van der Waals surface area contributed by atoms with Crippen molar-refractivity contribution in [1.82, 2.24) is 25.0 Å². The summed E-state index contributed by atoms with van der Waals surface area (Å²) in [4.78, 5) is 6.61. The predicted molar refractivity (Wildman–Crippen MR) is 90.2 cm³/mol. The van der Waals surface area contributed by atoms with Crippen LogP contribution >= 0.6 is 0 Å². The van der Waals surface area contributed by atoms with E-state index in [0.717, 1.165) is 0 Å². The van der Waals surface area contributed by atoms with Crippen LogP contribution in [0.4, 0.5) is 19.0 Å². The highest BCUT2D eigenvalue weighted by Crippen LogP contribution is 2.32. The number of halogens is 3. The number of pyridine rings is 1. The summed E-state index contributed by atoms with van der Waals surface area (Å²) in [6, 6.07) is 3.24. The highest BCUT2D eigenvalue weighted by atomic mass is 19.4. The van der Waals surface area contributed by atoms with E-state index in [0.29, 0.717) is 42.4 Å². The summed E-state index contributed by atoms with van der Waals surface area (Å²) in [5.74, 6) is 1.14. The fraction of sp³-hybridized carbons (Fsp3) is 0.438. The monoisotopic (exact) mass is 382 g/mol. The number of aromatic nitrogens is 5. The van der Waals surface area contributed by atoms with E-state index in [-0.39, 0.29) is 11.8 Å². The molecule has 3 aromatic heterocycles. The quantitative estimate of drug-likeness (QED) is 0.746. The Bertz CT molecular complexity index is 924. The number of ether oxygens (including phenoxy) is 2. The Morgan fingerprint density at radius 1 is 1.41 bits per heavy atom. The molecule has 27 heavy (non-hydrogen) atoms. The molecule has 1 fully saturated rings. The molecule has 0 saturated carbocycles. The number of aromatic amines is 1. The molecule has 11 heteroatoms. The maximum absolute atomic E-state index is 12.7. The van der Waals surface area contributed by atoms with Crippen molar-refractivity contribution in [2.24, 2.45) is 0 Å². The van der Waals surface area contributed by atoms with Crippen LogP contribution in [-0.4, -0.2) is 63.5 Å². The number of fused-ring (bicyclic) bond motifs is 1. The maximum Gasteiger partial charge on any atom is 0.422 e. The Morgan fingerprint density at radius 2 is 2.26 bits per heavy atom. The minimum absolute atomic E-state index is 0.0303. The van der Waals surface area contributed by atoms with Gasteiger partial charge in [0.05, 0.1) is 37.0 Å². The van der Waals surface area contributed by atoms with E-state index in [2.05, 4.69) is 20.3 Å². The average molecular weight is 382 g/mol. The topological polar surface area (TPSA) is 81.1 Å². The van der Waals surface area contributed by atoms with Crippen LogP contribution in [0.5, 0.6) is 5.75 Å². The molecule has 0 spiro atoms. The summed E-state index contributed by atoms with van der Waals surface area (Å²) in [5, 5.41) is 11.3. The van der Waals surface area contributed by atoms with Gasteiger partial charge in [0.1, 0.15) is 11.6 Å². The fourth-order valence-corrected chi connectivity index (χ4v) is 3.00. The van der Waals surface area contributed by atoms with Gasteiger partial charge in [-0.2, -0.15) is 28.1 Å². The van der Waals surface area contributed by atoms with Crippen LogP contribution in [0.3, 0.4) is 0 Å². The Labute approximate surface area is 151 Å². The highest BCUT2D eigenvalue weighted by molar-refractivity contribution is 5.85. The van der Waals surface area contributed by atoms with Crippen LogP contribution in [0.1, 0.15) is 6.92 Å². The van der Waals surface area contributed by atoms with E-state index in [1.165, 1.54) is 16.9 Å². The van der Waals surface area contributed by atoms with Crippen LogP contribution in [0.15, 0.2) is 24.5 Å². The van der Waals surface area contributed by atoms with Gasteiger partial charge >= 0.3 is 6.18 Å². The predicted octanol–water partition coefficient (Wildman–Crippen LogP) is 2.31. The molecule has 1 N–H and O–H groups in total. The minimum Gasteiger partial charge on any atom is -0.483 e. The van der Waals surface area contributed by atoms with Gasteiger partial charge < -0.3 is 14.4 Å². The molecule has 0 aliphatic carbocycles. The fourth-order valence-electron chi connectivity index (χ4n) is 3.00. The van der Waals surface area contributed by atoms with Crippen molar-refractivity contribution in [1.29, 1.82) is 0 Å². The molecule has 8 nitrogen and oxygen atoms in total. The van der Waals surface area contributed by atoms with E-state index < -0.39 is 12.8 Å². The first-order valence-electron chi connectivity index (χ1n) is 8.35. The van der Waals surface area contributed by atoms with Crippen molar-refractivity contribution in [3.05, 3.63) is 24.5 Å². The van der Waals surface area contributed by atoms with E-state index in [4.69, 9.17) is 9.47 Å². The Balaban J connectivity index is 1.81. The lowest BCUT2D eigenvalue weighted by molar-refractivity contribution is -0.153. The lowest BCUT2D eigenvalue weighted by Crippen LogP contribution is -2.44. The average Bonchev–Trinajstić information content (AvgIpc) is 3.28. The van der Waals surface area contributed by atoms with Crippen molar-refractivity contribution in [2.45, 2.75) is 19.1 Å². The second kappa shape index (κ2) is 6.72. The third-order valence-electron chi connectivity index (χ3n) is 4.26. The van der Waals surface area contributed by atoms with Gasteiger partial charge in [0.25, 0.3) is 0 Å². The zero-order chi connectivity index (χ0) is 19.0. The van der Waals surface area contributed by atoms with Crippen molar-refractivity contribution in [3.8, 4) is 11.6 Å². The molecule has 1 aliphatic heterocycles. The molecule has 0 bridgehead atoms. The van der Waals surface area contributed by atoms with Gasteiger partial charge in [-0.15, -0.1) is 0 Å². The van der Waals surface area contributed by atoms with Crippen molar-refractivity contribution in [2.75, 3.05) is 31.3 Å². The molecular weight excluding hydrogens is 365 g/mol. The van der Waals surface area contributed by atoms with Crippen LogP contribution in [0.2, 0.25) is 0 Å². The first-order chi connectivity index (χ1) is 12.9. The second-order valence-corrected chi connectivity index (χ2v) is 6.24. The van der Waals surface area contributed by atoms with Crippen molar-refractivity contribution in [3.63, 3.8) is 0 Å². The molecule has 4 heterocycles. The third-order valence-corrected chi connectivity index (χ3v) is 4.26. The lowest BCUT2D eigenvalue weighted by Gasteiger charge is -2.34. The van der Waals surface area contributed by atoms with Gasteiger partial charge in [0.15, 0.2) is 18.1 Å². The van der Waals surface area contributed by atoms with E-state index in [1.54, 1.807) is 12.3 Å². The number of nitrogens with zero attached hydrogens (tertiary/aromatic N) is 5. The molecular formula is C16H17F3N6O2. The minimum atomic E-state index is -4.44. The summed E-state index contributed by atoms with van der Waals surface area (Å²) in [7, 11) is 0. The maximum atomic E-state index is 12.7. The highest BCUT2D eigenvalue weighted by Gasteiger charge is 2.30. The molecule has 0 aromatic carbocycles. The van der Waals surface area contributed by atoms with Gasteiger partial charge in [-0.25, -0.2) is 4.98 Å². The van der Waals surface area contributed by atoms with Crippen LogP contribution in [0, 0.1) is 0 Å². The number of anilines is 1. The Morgan fingerprint density at radius 3 is 2.96 bits per heavy atom. The Kier molecular flexibility index (Phi) is 4.38. The van der Waals surface area contributed by atoms with Crippen molar-refractivity contribution < 1.29 is 22.6 Å². The van der Waals surface area contributed by atoms with Gasteiger partial charge in [-0.1, -0.05) is 0 Å². The van der Waals surface area contributed by atoms with Gasteiger partial charge in [-0.05, 0) is 6.92 Å². The van der Waals surface area contributed by atoms with Crippen LogP contribution < -0.4 is 9.64 Å². The summed E-state index contributed by atoms with van der Waals surface area (Å²) in [6.45, 7) is 2.18. The third kappa shape index (κ3) is 3.54. The number of rotatable bonds is 4. The molecule has 0 radical (unpaired) electrons. The Hall–Kier alpha value is -2.82. The number of hydrogen-bond donors (Lipinski definition) is 1. The van der Waals surface area contributed by atoms with E-state index in [9.17, 15) is 13.2 Å². The van der Waals surface area contributed by atoms with Gasteiger partial charge in [0.2, 0.25) is 0 Å². The number of H-pyrrole nitrogens is 1. The lowest BCUT2D eigenvalue weighted by atomic mass is 10.2. The molecule has 0 unspecified atom stereocenters. The number of alkyl halides is 3. The van der Waals surface area contributed by atoms with Gasteiger partial charge in [-0.3, -0.25) is 5.10 Å². The van der Waals surface area contributed by atoms with E-state index >= 15 is 0 Å². The second-order valence-electron chi connectivity index (χ2n) is 6.24. The number of morpholine rings is 1. The standard InChI is InChI=1S/C16H17F3N6O2/c1-10-8-26-5-4-24(10)14-6-12(27-9-16(17,18)19)11-7-21-25(15(11)22-14)13-2-3-20-23-13/h2-3,6-7,10H,4-5,8-9H2,1H3,(H,20,23)/t10-/m1/s1. The summed E-state index contributed by atoms with van der Waals surface area (Å²) in [5.41, 5.74) is 0.382. The molecule has 144 valence electrons. The summed E-state index contributed by atoms with van der Waals surface area (Å²) < 4.78 is 50.0. The molecule has 0 amide bonds. The largest absolute Gasteiger partial charge is 0.483 e. The normalized spacial score (nSPS) is 18.2. The van der Waals surface area contributed by atoms with Crippen LogP contribution in [0.25, 0.3) is 16.9 Å². The van der Waals surface area contributed by atoms with Crippen LogP contribution in [-0.2, 0) is 4.74 Å². The first-order valence-corrected chi connectivity index (χ1v) is 8.35. The zero-order valence-corrected chi connectivity index (χ0v) is 14.4. The summed E-state index contributed by atoms with van der Waals surface area (Å²) >= 11 is 0. The SMILES string of the molecule is C[C@@H]1COCCN1c1cc(OCC(F)(F)F)c2cnn(-c3ccn[nH]3)c2n1. The molecule has 1 aliphatic rings. The number of nitrogens with one attached hydrogen (secondary N) is 1. The molecule has 1 saturated heterocycles.